The summed E-state index contributed by atoms with van der Waals surface area (Å²) in [6, 6.07) is 4.32. The predicted octanol–water partition coefficient (Wildman–Crippen LogP) is 2.60. The number of carbonyl (C=O) groups is 2. The minimum atomic E-state index is -0.928. The Labute approximate surface area is 161 Å². The van der Waals surface area contributed by atoms with Crippen molar-refractivity contribution in [2.24, 2.45) is 5.41 Å². The van der Waals surface area contributed by atoms with Crippen LogP contribution in [0.3, 0.4) is 0 Å². The Balaban J connectivity index is 1.61. The number of methoxy groups -OCH3 is 1. The minimum absolute atomic E-state index is 0.0187. The second kappa shape index (κ2) is 7.89. The number of aliphatic carboxylic acids is 1. The highest BCUT2D eigenvalue weighted by molar-refractivity contribution is 5.82. The van der Waals surface area contributed by atoms with Crippen LogP contribution in [0.5, 0.6) is 5.75 Å². The molecular weight excluding hydrogens is 344 g/mol. The van der Waals surface area contributed by atoms with E-state index >= 15 is 0 Å². The molecule has 2 aliphatic heterocycles. The van der Waals surface area contributed by atoms with Gasteiger partial charge in [-0.25, -0.2) is 0 Å². The molecule has 2 aliphatic rings. The number of piperidine rings is 2. The van der Waals surface area contributed by atoms with Crippen molar-refractivity contribution < 1.29 is 19.4 Å². The number of carbonyl (C=O) groups excluding carboxylic acids is 1. The molecule has 2 saturated heterocycles. The van der Waals surface area contributed by atoms with E-state index in [1.54, 1.807) is 12.0 Å². The molecule has 6 nitrogen and oxygen atoms in total. The second-order valence-corrected chi connectivity index (χ2v) is 8.17. The summed E-state index contributed by atoms with van der Waals surface area (Å²) in [7, 11) is 1.70. The van der Waals surface area contributed by atoms with Gasteiger partial charge in [-0.3, -0.25) is 14.5 Å². The Morgan fingerprint density at radius 3 is 2.52 bits per heavy atom. The molecule has 1 aromatic rings. The van der Waals surface area contributed by atoms with E-state index in [2.05, 4.69) is 30.9 Å². The van der Waals surface area contributed by atoms with Crippen molar-refractivity contribution in [1.82, 2.24) is 9.80 Å². The Morgan fingerprint density at radius 2 is 1.89 bits per heavy atom. The summed E-state index contributed by atoms with van der Waals surface area (Å²) in [4.78, 5) is 27.1. The fraction of sp³-hybridized carbons (Fsp3) is 0.619. The van der Waals surface area contributed by atoms with Gasteiger partial charge in [0.2, 0.25) is 5.91 Å². The van der Waals surface area contributed by atoms with Gasteiger partial charge in [0.25, 0.3) is 0 Å². The van der Waals surface area contributed by atoms with Gasteiger partial charge in [0.1, 0.15) is 12.3 Å². The van der Waals surface area contributed by atoms with E-state index in [1.165, 1.54) is 11.1 Å². The largest absolute Gasteiger partial charge is 0.496 e. The van der Waals surface area contributed by atoms with E-state index in [0.717, 1.165) is 50.2 Å². The first-order valence-corrected chi connectivity index (χ1v) is 9.68. The van der Waals surface area contributed by atoms with Crippen LogP contribution in [0.1, 0.15) is 42.4 Å². The third-order valence-corrected chi connectivity index (χ3v) is 6.24. The van der Waals surface area contributed by atoms with Crippen molar-refractivity contribution in [3.8, 4) is 5.75 Å². The van der Waals surface area contributed by atoms with Gasteiger partial charge in [0.15, 0.2) is 0 Å². The highest BCUT2D eigenvalue weighted by atomic mass is 16.5. The van der Waals surface area contributed by atoms with Crippen LogP contribution in [-0.4, -0.2) is 60.1 Å². The average Bonchev–Trinajstić information content (AvgIpc) is 2.63. The fourth-order valence-electron chi connectivity index (χ4n) is 4.48. The summed E-state index contributed by atoms with van der Waals surface area (Å²) >= 11 is 0. The summed E-state index contributed by atoms with van der Waals surface area (Å²) in [6.45, 7) is 7.51. The number of ether oxygens (including phenoxy) is 1. The van der Waals surface area contributed by atoms with E-state index in [4.69, 9.17) is 9.84 Å². The monoisotopic (exact) mass is 374 g/mol. The van der Waals surface area contributed by atoms with Crippen LogP contribution < -0.4 is 4.74 Å². The van der Waals surface area contributed by atoms with E-state index in [0.29, 0.717) is 13.0 Å². The van der Waals surface area contributed by atoms with Gasteiger partial charge in [0.05, 0.1) is 7.11 Å². The summed E-state index contributed by atoms with van der Waals surface area (Å²) < 4.78 is 5.40. The zero-order valence-corrected chi connectivity index (χ0v) is 16.6. The van der Waals surface area contributed by atoms with Crippen LogP contribution in [0, 0.1) is 19.3 Å². The maximum absolute atomic E-state index is 12.0. The van der Waals surface area contributed by atoms with Gasteiger partial charge in [-0.15, -0.1) is 0 Å². The van der Waals surface area contributed by atoms with Gasteiger partial charge in [-0.2, -0.15) is 0 Å². The molecule has 6 heteroatoms. The van der Waals surface area contributed by atoms with Gasteiger partial charge < -0.3 is 14.7 Å². The van der Waals surface area contributed by atoms with Crippen molar-refractivity contribution in [3.05, 3.63) is 28.8 Å². The van der Waals surface area contributed by atoms with Crippen LogP contribution in [-0.2, 0) is 16.1 Å². The number of carboxylic acid groups (broad SMARTS) is 1. The maximum atomic E-state index is 12.0. The van der Waals surface area contributed by atoms with E-state index in [1.807, 2.05) is 0 Å². The Morgan fingerprint density at radius 1 is 1.19 bits per heavy atom. The minimum Gasteiger partial charge on any atom is -0.496 e. The first kappa shape index (κ1) is 19.7. The zero-order valence-electron chi connectivity index (χ0n) is 16.6. The lowest BCUT2D eigenvalue weighted by atomic mass is 9.72. The number of carboxylic acids is 1. The number of likely N-dealkylation sites (tertiary alicyclic amines) is 2. The van der Waals surface area contributed by atoms with E-state index < -0.39 is 5.97 Å². The van der Waals surface area contributed by atoms with Crippen LogP contribution >= 0.6 is 0 Å². The standard InChI is InChI=1S/C21H30N2O4/c1-15-11-18(27-3)16(2)10-17(15)12-22-8-6-21(7-9-22)5-4-19(24)23(14-21)13-20(25)26/h10-11H,4-9,12-14H2,1-3H3,(H,25,26). The number of nitrogens with zero attached hydrogens (tertiary/aromatic N) is 2. The first-order chi connectivity index (χ1) is 12.8. The second-order valence-electron chi connectivity index (χ2n) is 8.17. The third-order valence-electron chi connectivity index (χ3n) is 6.24. The molecule has 1 aromatic carbocycles. The predicted molar refractivity (Wildman–Crippen MR) is 103 cm³/mol. The highest BCUT2D eigenvalue weighted by Crippen LogP contribution is 2.40. The van der Waals surface area contributed by atoms with Gasteiger partial charge in [-0.05, 0) is 74.4 Å². The van der Waals surface area contributed by atoms with Crippen molar-refractivity contribution in [2.45, 2.75) is 46.1 Å². The molecule has 0 unspecified atom stereocenters. The molecule has 1 amide bonds. The van der Waals surface area contributed by atoms with Crippen LogP contribution in [0.25, 0.3) is 0 Å². The molecule has 148 valence electrons. The molecule has 0 aliphatic carbocycles. The van der Waals surface area contributed by atoms with Crippen LogP contribution in [0.2, 0.25) is 0 Å². The van der Waals surface area contributed by atoms with Crippen LogP contribution in [0.4, 0.5) is 0 Å². The topological polar surface area (TPSA) is 70.1 Å². The average molecular weight is 374 g/mol. The van der Waals surface area contributed by atoms with Crippen molar-refractivity contribution in [2.75, 3.05) is 33.3 Å². The van der Waals surface area contributed by atoms with E-state index in [9.17, 15) is 9.59 Å². The molecule has 0 bridgehead atoms. The number of amides is 1. The fourth-order valence-corrected chi connectivity index (χ4v) is 4.48. The normalized spacial score (nSPS) is 20.1. The lowest BCUT2D eigenvalue weighted by Crippen LogP contribution is -2.52. The summed E-state index contributed by atoms with van der Waals surface area (Å²) in [6.07, 6.45) is 3.40. The Hall–Kier alpha value is -2.08. The van der Waals surface area contributed by atoms with Crippen molar-refractivity contribution in [1.29, 1.82) is 0 Å². The molecular formula is C21H30N2O4. The molecule has 27 heavy (non-hydrogen) atoms. The third kappa shape index (κ3) is 4.43. The molecule has 0 atom stereocenters. The highest BCUT2D eigenvalue weighted by Gasteiger charge is 2.41. The molecule has 2 fully saturated rings. The smallest absolute Gasteiger partial charge is 0.323 e. The zero-order chi connectivity index (χ0) is 19.6. The quantitative estimate of drug-likeness (QED) is 0.858. The lowest BCUT2D eigenvalue weighted by Gasteiger charge is -2.47. The summed E-state index contributed by atoms with van der Waals surface area (Å²) in [5, 5.41) is 9.05. The summed E-state index contributed by atoms with van der Waals surface area (Å²) in [5.41, 5.74) is 3.82. The molecule has 1 N–H and O–H groups in total. The maximum Gasteiger partial charge on any atom is 0.323 e. The Kier molecular flexibility index (Phi) is 5.75. The first-order valence-electron chi connectivity index (χ1n) is 9.68. The number of hydrogen-bond donors (Lipinski definition) is 1. The van der Waals surface area contributed by atoms with Gasteiger partial charge in [0, 0.05) is 19.5 Å². The number of aryl methyl sites for hydroxylation is 2. The van der Waals surface area contributed by atoms with Crippen molar-refractivity contribution in [3.63, 3.8) is 0 Å². The van der Waals surface area contributed by atoms with E-state index in [-0.39, 0.29) is 17.9 Å². The number of benzene rings is 1. The molecule has 2 heterocycles. The lowest BCUT2D eigenvalue weighted by molar-refractivity contribution is -0.149. The Bertz CT molecular complexity index is 723. The molecule has 0 radical (unpaired) electrons. The molecule has 1 spiro atoms. The summed E-state index contributed by atoms with van der Waals surface area (Å²) in [5.74, 6) is -0.0165. The van der Waals surface area contributed by atoms with Gasteiger partial charge in [-0.1, -0.05) is 6.07 Å². The SMILES string of the molecule is COc1cc(C)c(CN2CCC3(CCC(=O)N(CC(=O)O)C3)CC2)cc1C. The molecule has 0 saturated carbocycles. The molecule has 0 aromatic heterocycles. The van der Waals surface area contributed by atoms with Crippen LogP contribution in [0.15, 0.2) is 12.1 Å². The number of rotatable bonds is 5. The number of hydrogen-bond acceptors (Lipinski definition) is 4. The van der Waals surface area contributed by atoms with Gasteiger partial charge >= 0.3 is 5.97 Å². The molecule has 3 rings (SSSR count). The van der Waals surface area contributed by atoms with Crippen molar-refractivity contribution >= 4 is 11.9 Å².